The quantitative estimate of drug-likeness (QED) is 0.873. The summed E-state index contributed by atoms with van der Waals surface area (Å²) in [5.74, 6) is -0.190. The summed E-state index contributed by atoms with van der Waals surface area (Å²) >= 11 is 0. The highest BCUT2D eigenvalue weighted by atomic mass is 16.4. The van der Waals surface area contributed by atoms with E-state index in [-0.39, 0.29) is 5.91 Å². The Morgan fingerprint density at radius 1 is 1.20 bits per heavy atom. The van der Waals surface area contributed by atoms with Crippen molar-refractivity contribution in [1.29, 1.82) is 0 Å². The molecule has 1 aromatic carbocycles. The van der Waals surface area contributed by atoms with Gasteiger partial charge in [-0.3, -0.25) is 9.69 Å². The van der Waals surface area contributed by atoms with Crippen molar-refractivity contribution in [2.75, 3.05) is 6.54 Å². The lowest BCUT2D eigenvalue weighted by molar-refractivity contribution is -0.143. The van der Waals surface area contributed by atoms with E-state index in [2.05, 4.69) is 5.32 Å². The van der Waals surface area contributed by atoms with Crippen LogP contribution in [0.5, 0.6) is 0 Å². The summed E-state index contributed by atoms with van der Waals surface area (Å²) in [6, 6.07) is 6.05. The molecular weight excluding hydrogens is 316 g/mol. The van der Waals surface area contributed by atoms with E-state index in [1.807, 2.05) is 52.8 Å². The summed E-state index contributed by atoms with van der Waals surface area (Å²) in [6.45, 7) is 10.7. The van der Waals surface area contributed by atoms with Gasteiger partial charge in [0, 0.05) is 13.1 Å². The molecule has 0 radical (unpaired) electrons. The molecule has 1 aromatic rings. The fraction of sp³-hybridized carbons (Fsp3) is 0.600. The number of nitrogens with one attached hydrogen (secondary N) is 1. The van der Waals surface area contributed by atoms with Gasteiger partial charge in [0.1, 0.15) is 5.54 Å². The third kappa shape index (κ3) is 3.51. The van der Waals surface area contributed by atoms with Crippen LogP contribution in [-0.4, -0.2) is 34.1 Å². The number of nitrogens with zero attached hydrogens (tertiary/aromatic N) is 1. The fourth-order valence-corrected chi connectivity index (χ4v) is 4.03. The van der Waals surface area contributed by atoms with Crippen molar-refractivity contribution in [2.45, 2.75) is 66.0 Å². The van der Waals surface area contributed by atoms with Crippen molar-refractivity contribution in [2.24, 2.45) is 5.41 Å². The van der Waals surface area contributed by atoms with E-state index in [1.165, 1.54) is 4.90 Å². The number of benzene rings is 1. The Kier molecular flexibility index (Phi) is 5.45. The monoisotopic (exact) mass is 346 g/mol. The zero-order valence-corrected chi connectivity index (χ0v) is 16.0. The molecule has 0 spiro atoms. The Labute approximate surface area is 150 Å². The summed E-state index contributed by atoms with van der Waals surface area (Å²) in [7, 11) is 0. The van der Waals surface area contributed by atoms with Crippen LogP contribution in [0.4, 0.5) is 4.79 Å². The number of carboxylic acid groups (broad SMARTS) is 1. The Morgan fingerprint density at radius 3 is 2.32 bits per heavy atom. The molecule has 2 rings (SSSR count). The minimum Gasteiger partial charge on any atom is -0.465 e. The molecule has 0 saturated carbocycles. The number of likely N-dealkylation sites (tertiary alicyclic amines) is 1. The SMILES string of the molecule is Cc1cccc(C)c1CNC(=O)[C@@]1(C(C)(C)C)CCCCN1C(=O)O. The molecule has 5 nitrogen and oxygen atoms in total. The maximum absolute atomic E-state index is 13.3. The highest BCUT2D eigenvalue weighted by Crippen LogP contribution is 2.43. The number of hydrogen-bond acceptors (Lipinski definition) is 2. The lowest BCUT2D eigenvalue weighted by Gasteiger charge is -2.52. The molecule has 25 heavy (non-hydrogen) atoms. The van der Waals surface area contributed by atoms with E-state index in [4.69, 9.17) is 0 Å². The maximum atomic E-state index is 13.3. The molecule has 1 aliphatic rings. The number of piperidine rings is 1. The van der Waals surface area contributed by atoms with Gasteiger partial charge in [0.05, 0.1) is 0 Å². The number of hydrogen-bond donors (Lipinski definition) is 2. The minimum atomic E-state index is -1.03. The van der Waals surface area contributed by atoms with Gasteiger partial charge in [-0.2, -0.15) is 0 Å². The van der Waals surface area contributed by atoms with Crippen LogP contribution in [0.3, 0.4) is 0 Å². The van der Waals surface area contributed by atoms with Crippen LogP contribution in [0.1, 0.15) is 56.7 Å². The Balaban J connectivity index is 2.32. The molecule has 0 aromatic heterocycles. The number of amides is 2. The first-order valence-electron chi connectivity index (χ1n) is 8.95. The predicted molar refractivity (Wildman–Crippen MR) is 98.5 cm³/mol. The largest absolute Gasteiger partial charge is 0.465 e. The molecule has 1 fully saturated rings. The summed E-state index contributed by atoms with van der Waals surface area (Å²) in [5, 5.41) is 12.7. The molecule has 1 saturated heterocycles. The molecule has 0 aliphatic carbocycles. The second-order valence-electron chi connectivity index (χ2n) is 8.05. The van der Waals surface area contributed by atoms with Gasteiger partial charge in [-0.25, -0.2) is 4.79 Å². The van der Waals surface area contributed by atoms with E-state index in [0.717, 1.165) is 29.5 Å². The molecule has 5 heteroatoms. The first kappa shape index (κ1) is 19.3. The van der Waals surface area contributed by atoms with Gasteiger partial charge in [-0.15, -0.1) is 0 Å². The van der Waals surface area contributed by atoms with Crippen LogP contribution in [-0.2, 0) is 11.3 Å². The Morgan fingerprint density at radius 2 is 1.80 bits per heavy atom. The van der Waals surface area contributed by atoms with Crippen molar-refractivity contribution >= 4 is 12.0 Å². The number of aryl methyl sites for hydroxylation is 2. The highest BCUT2D eigenvalue weighted by molar-refractivity contribution is 5.90. The topological polar surface area (TPSA) is 69.6 Å². The van der Waals surface area contributed by atoms with Gasteiger partial charge in [0.2, 0.25) is 5.91 Å². The van der Waals surface area contributed by atoms with Crippen molar-refractivity contribution in [1.82, 2.24) is 10.2 Å². The van der Waals surface area contributed by atoms with Crippen molar-refractivity contribution in [3.8, 4) is 0 Å². The molecule has 1 atom stereocenters. The molecule has 2 amide bonds. The third-order valence-corrected chi connectivity index (χ3v) is 5.55. The van der Waals surface area contributed by atoms with E-state index in [1.54, 1.807) is 0 Å². The fourth-order valence-electron chi connectivity index (χ4n) is 4.03. The lowest BCUT2D eigenvalue weighted by atomic mass is 9.67. The predicted octanol–water partition coefficient (Wildman–Crippen LogP) is 3.87. The van der Waals surface area contributed by atoms with E-state index in [9.17, 15) is 14.7 Å². The molecule has 2 N–H and O–H groups in total. The van der Waals surface area contributed by atoms with Crippen LogP contribution in [0.2, 0.25) is 0 Å². The van der Waals surface area contributed by atoms with Crippen LogP contribution in [0.25, 0.3) is 0 Å². The normalized spacial score (nSPS) is 21.1. The molecule has 1 aliphatic heterocycles. The molecule has 0 bridgehead atoms. The second kappa shape index (κ2) is 7.06. The smallest absolute Gasteiger partial charge is 0.408 e. The number of carbonyl (C=O) groups is 2. The highest BCUT2D eigenvalue weighted by Gasteiger charge is 2.55. The summed E-state index contributed by atoms with van der Waals surface area (Å²) < 4.78 is 0. The Hall–Kier alpha value is -2.04. The van der Waals surface area contributed by atoms with Crippen LogP contribution in [0, 0.1) is 19.3 Å². The summed E-state index contributed by atoms with van der Waals surface area (Å²) in [4.78, 5) is 26.5. The summed E-state index contributed by atoms with van der Waals surface area (Å²) in [6.07, 6.45) is 1.20. The van der Waals surface area contributed by atoms with Gasteiger partial charge >= 0.3 is 6.09 Å². The van der Waals surface area contributed by atoms with Crippen LogP contribution < -0.4 is 5.32 Å². The van der Waals surface area contributed by atoms with E-state index in [0.29, 0.717) is 19.5 Å². The first-order valence-corrected chi connectivity index (χ1v) is 8.95. The van der Waals surface area contributed by atoms with Crippen LogP contribution >= 0.6 is 0 Å². The molecule has 1 heterocycles. The van der Waals surface area contributed by atoms with Crippen molar-refractivity contribution < 1.29 is 14.7 Å². The van der Waals surface area contributed by atoms with Gasteiger partial charge in [0.25, 0.3) is 0 Å². The second-order valence-corrected chi connectivity index (χ2v) is 8.05. The van der Waals surface area contributed by atoms with Crippen molar-refractivity contribution in [3.63, 3.8) is 0 Å². The third-order valence-electron chi connectivity index (χ3n) is 5.55. The standard InChI is InChI=1S/C20H30N2O3/c1-14-9-8-10-15(2)16(14)13-21-17(23)20(19(3,4)5)11-6-7-12-22(20)18(24)25/h8-10H,6-7,11-13H2,1-5H3,(H,21,23)(H,24,25)/t20-/m1/s1. The number of carbonyl (C=O) groups excluding carboxylic acids is 1. The summed E-state index contributed by atoms with van der Waals surface area (Å²) in [5.41, 5.74) is 1.83. The molecule has 0 unspecified atom stereocenters. The van der Waals surface area contributed by atoms with Gasteiger partial charge in [0.15, 0.2) is 0 Å². The van der Waals surface area contributed by atoms with E-state index < -0.39 is 17.0 Å². The van der Waals surface area contributed by atoms with Gasteiger partial charge < -0.3 is 10.4 Å². The average Bonchev–Trinajstić information content (AvgIpc) is 2.52. The lowest BCUT2D eigenvalue weighted by Crippen LogP contribution is -2.68. The van der Waals surface area contributed by atoms with Crippen molar-refractivity contribution in [3.05, 3.63) is 34.9 Å². The molecule has 138 valence electrons. The molecular formula is C20H30N2O3. The van der Waals surface area contributed by atoms with Crippen LogP contribution in [0.15, 0.2) is 18.2 Å². The maximum Gasteiger partial charge on any atom is 0.408 e. The Bertz CT molecular complexity index is 643. The minimum absolute atomic E-state index is 0.190. The average molecular weight is 346 g/mol. The zero-order valence-electron chi connectivity index (χ0n) is 16.0. The first-order chi connectivity index (χ1) is 11.6. The number of rotatable bonds is 3. The van der Waals surface area contributed by atoms with E-state index >= 15 is 0 Å². The van der Waals surface area contributed by atoms with Gasteiger partial charge in [-0.05, 0) is 55.2 Å². The zero-order chi connectivity index (χ0) is 18.8. The van der Waals surface area contributed by atoms with Gasteiger partial charge in [-0.1, -0.05) is 39.0 Å².